The SMILES string of the molecule is Cc1cc(CN(CCO)CC2CC2)c(C)o1. The lowest BCUT2D eigenvalue weighted by Crippen LogP contribution is -2.28. The summed E-state index contributed by atoms with van der Waals surface area (Å²) in [7, 11) is 0. The smallest absolute Gasteiger partial charge is 0.105 e. The highest BCUT2D eigenvalue weighted by Gasteiger charge is 2.24. The summed E-state index contributed by atoms with van der Waals surface area (Å²) >= 11 is 0. The lowest BCUT2D eigenvalue weighted by Gasteiger charge is -2.20. The summed E-state index contributed by atoms with van der Waals surface area (Å²) in [5.41, 5.74) is 1.26. The van der Waals surface area contributed by atoms with Gasteiger partial charge in [-0.05, 0) is 38.7 Å². The van der Waals surface area contributed by atoms with Crippen LogP contribution in [0.2, 0.25) is 0 Å². The van der Waals surface area contributed by atoms with E-state index in [4.69, 9.17) is 9.52 Å². The topological polar surface area (TPSA) is 36.6 Å². The van der Waals surface area contributed by atoms with Gasteiger partial charge in [0, 0.05) is 25.2 Å². The van der Waals surface area contributed by atoms with Crippen LogP contribution in [0.5, 0.6) is 0 Å². The minimum absolute atomic E-state index is 0.239. The second kappa shape index (κ2) is 5.02. The maximum absolute atomic E-state index is 9.06. The quantitative estimate of drug-likeness (QED) is 0.802. The van der Waals surface area contributed by atoms with Crippen LogP contribution < -0.4 is 0 Å². The summed E-state index contributed by atoms with van der Waals surface area (Å²) in [6.07, 6.45) is 2.71. The van der Waals surface area contributed by atoms with E-state index in [9.17, 15) is 0 Å². The van der Waals surface area contributed by atoms with Crippen LogP contribution >= 0.6 is 0 Å². The van der Waals surface area contributed by atoms with Crippen LogP contribution in [0.15, 0.2) is 10.5 Å². The summed E-state index contributed by atoms with van der Waals surface area (Å²) in [5, 5.41) is 9.06. The highest BCUT2D eigenvalue weighted by Crippen LogP contribution is 2.30. The van der Waals surface area contributed by atoms with E-state index < -0.39 is 0 Å². The average Bonchev–Trinajstić information content (AvgIpc) is 2.95. The number of hydrogen-bond donors (Lipinski definition) is 1. The second-order valence-electron chi connectivity index (χ2n) is 4.84. The van der Waals surface area contributed by atoms with E-state index >= 15 is 0 Å². The molecule has 1 aromatic rings. The van der Waals surface area contributed by atoms with Gasteiger partial charge in [-0.2, -0.15) is 0 Å². The molecule has 0 bridgehead atoms. The summed E-state index contributed by atoms with van der Waals surface area (Å²) in [4.78, 5) is 2.33. The molecule has 16 heavy (non-hydrogen) atoms. The van der Waals surface area contributed by atoms with Gasteiger partial charge >= 0.3 is 0 Å². The molecule has 90 valence electrons. The van der Waals surface area contributed by atoms with E-state index in [2.05, 4.69) is 11.0 Å². The molecule has 0 aromatic carbocycles. The number of rotatable bonds is 6. The molecule has 1 aliphatic rings. The summed E-state index contributed by atoms with van der Waals surface area (Å²) < 4.78 is 5.52. The van der Waals surface area contributed by atoms with E-state index in [1.54, 1.807) is 0 Å². The van der Waals surface area contributed by atoms with Gasteiger partial charge in [-0.3, -0.25) is 4.90 Å². The van der Waals surface area contributed by atoms with E-state index in [0.29, 0.717) is 0 Å². The zero-order valence-corrected chi connectivity index (χ0v) is 10.2. The zero-order chi connectivity index (χ0) is 11.5. The van der Waals surface area contributed by atoms with Crippen molar-refractivity contribution in [3.05, 3.63) is 23.2 Å². The standard InChI is InChI=1S/C13H21NO2/c1-10-7-13(11(2)16-10)9-14(5-6-15)8-12-3-4-12/h7,12,15H,3-6,8-9H2,1-2H3. The van der Waals surface area contributed by atoms with E-state index in [-0.39, 0.29) is 6.61 Å². The molecule has 1 aromatic heterocycles. The van der Waals surface area contributed by atoms with Gasteiger partial charge in [0.1, 0.15) is 11.5 Å². The Hall–Kier alpha value is -0.800. The summed E-state index contributed by atoms with van der Waals surface area (Å²) in [5.74, 6) is 2.85. The van der Waals surface area contributed by atoms with Crippen molar-refractivity contribution in [3.8, 4) is 0 Å². The lowest BCUT2D eigenvalue weighted by atomic mass is 10.2. The van der Waals surface area contributed by atoms with Gasteiger partial charge in [0.2, 0.25) is 0 Å². The number of furan rings is 1. The van der Waals surface area contributed by atoms with E-state index in [1.165, 1.54) is 18.4 Å². The minimum atomic E-state index is 0.239. The normalized spacial score (nSPS) is 16.0. The fraction of sp³-hybridized carbons (Fsp3) is 0.692. The summed E-state index contributed by atoms with van der Waals surface area (Å²) in [6.45, 7) is 7.01. The molecule has 0 radical (unpaired) electrons. The first kappa shape index (κ1) is 11.7. The van der Waals surface area contributed by atoms with Gasteiger partial charge in [-0.1, -0.05) is 0 Å². The van der Waals surface area contributed by atoms with Crippen LogP contribution in [0.3, 0.4) is 0 Å². The molecule has 0 spiro atoms. The van der Waals surface area contributed by atoms with Crippen LogP contribution in [0, 0.1) is 19.8 Å². The molecule has 0 amide bonds. The van der Waals surface area contributed by atoms with Crippen LogP contribution in [-0.2, 0) is 6.54 Å². The van der Waals surface area contributed by atoms with E-state index in [0.717, 1.165) is 37.1 Å². The van der Waals surface area contributed by atoms with Crippen molar-refractivity contribution in [1.29, 1.82) is 0 Å². The Labute approximate surface area is 97.1 Å². The largest absolute Gasteiger partial charge is 0.466 e. The predicted molar refractivity (Wildman–Crippen MR) is 63.3 cm³/mol. The lowest BCUT2D eigenvalue weighted by molar-refractivity contribution is 0.184. The predicted octanol–water partition coefficient (Wildman–Crippen LogP) is 2.10. The van der Waals surface area contributed by atoms with Crippen LogP contribution in [0.4, 0.5) is 0 Å². The van der Waals surface area contributed by atoms with Crippen molar-refractivity contribution < 1.29 is 9.52 Å². The van der Waals surface area contributed by atoms with Crippen LogP contribution in [-0.4, -0.2) is 29.7 Å². The fourth-order valence-corrected chi connectivity index (χ4v) is 2.12. The number of aliphatic hydroxyl groups excluding tert-OH is 1. The van der Waals surface area contributed by atoms with Gasteiger partial charge in [0.15, 0.2) is 0 Å². The molecule has 0 atom stereocenters. The first-order valence-corrected chi connectivity index (χ1v) is 6.08. The molecule has 1 saturated carbocycles. The Balaban J connectivity index is 1.95. The Morgan fingerprint density at radius 1 is 1.44 bits per heavy atom. The highest BCUT2D eigenvalue weighted by molar-refractivity contribution is 5.19. The van der Waals surface area contributed by atoms with E-state index in [1.807, 2.05) is 13.8 Å². The van der Waals surface area contributed by atoms with Crippen molar-refractivity contribution in [2.45, 2.75) is 33.2 Å². The number of hydrogen-bond acceptors (Lipinski definition) is 3. The highest BCUT2D eigenvalue weighted by atomic mass is 16.3. The maximum atomic E-state index is 9.06. The Kier molecular flexibility index (Phi) is 3.66. The minimum Gasteiger partial charge on any atom is -0.466 e. The Morgan fingerprint density at radius 2 is 2.19 bits per heavy atom. The van der Waals surface area contributed by atoms with Crippen molar-refractivity contribution in [2.75, 3.05) is 19.7 Å². The van der Waals surface area contributed by atoms with Crippen molar-refractivity contribution in [2.24, 2.45) is 5.92 Å². The van der Waals surface area contributed by atoms with Gasteiger partial charge in [-0.25, -0.2) is 0 Å². The number of nitrogens with zero attached hydrogens (tertiary/aromatic N) is 1. The Bertz CT molecular complexity index is 342. The molecule has 0 unspecified atom stereocenters. The first-order valence-electron chi connectivity index (χ1n) is 6.08. The van der Waals surface area contributed by atoms with Crippen molar-refractivity contribution in [3.63, 3.8) is 0 Å². The Morgan fingerprint density at radius 3 is 2.69 bits per heavy atom. The number of aryl methyl sites for hydroxylation is 2. The third-order valence-corrected chi connectivity index (χ3v) is 3.17. The molecule has 1 N–H and O–H groups in total. The van der Waals surface area contributed by atoms with Gasteiger partial charge < -0.3 is 9.52 Å². The molecule has 0 aliphatic heterocycles. The molecule has 3 nitrogen and oxygen atoms in total. The third kappa shape index (κ3) is 3.09. The van der Waals surface area contributed by atoms with Crippen molar-refractivity contribution in [1.82, 2.24) is 4.90 Å². The molecule has 1 fully saturated rings. The fourth-order valence-electron chi connectivity index (χ4n) is 2.12. The van der Waals surface area contributed by atoms with Crippen molar-refractivity contribution >= 4 is 0 Å². The third-order valence-electron chi connectivity index (χ3n) is 3.17. The molecular formula is C13H21NO2. The first-order chi connectivity index (χ1) is 7.69. The molecule has 1 heterocycles. The monoisotopic (exact) mass is 223 g/mol. The average molecular weight is 223 g/mol. The zero-order valence-electron chi connectivity index (χ0n) is 10.2. The molecule has 2 rings (SSSR count). The number of aliphatic hydroxyl groups is 1. The molecule has 1 aliphatic carbocycles. The summed E-state index contributed by atoms with van der Waals surface area (Å²) in [6, 6.07) is 2.10. The van der Waals surface area contributed by atoms with Gasteiger partial charge in [0.25, 0.3) is 0 Å². The molecule has 0 saturated heterocycles. The van der Waals surface area contributed by atoms with Gasteiger partial charge in [0.05, 0.1) is 6.61 Å². The van der Waals surface area contributed by atoms with Crippen LogP contribution in [0.25, 0.3) is 0 Å². The molecular weight excluding hydrogens is 202 g/mol. The molecule has 3 heteroatoms. The van der Waals surface area contributed by atoms with Gasteiger partial charge in [-0.15, -0.1) is 0 Å². The van der Waals surface area contributed by atoms with Crippen LogP contribution in [0.1, 0.15) is 29.9 Å². The maximum Gasteiger partial charge on any atom is 0.105 e. The second-order valence-corrected chi connectivity index (χ2v) is 4.84.